The molecule has 0 N–H and O–H groups in total. The molecule has 0 fully saturated rings. The van der Waals surface area contributed by atoms with Crippen LogP contribution in [0.2, 0.25) is 0 Å². The predicted molar refractivity (Wildman–Crippen MR) is 117 cm³/mol. The van der Waals surface area contributed by atoms with E-state index in [-0.39, 0.29) is 22.8 Å². The summed E-state index contributed by atoms with van der Waals surface area (Å²) < 4.78 is 29.0. The third-order valence-electron chi connectivity index (χ3n) is 5.11. The van der Waals surface area contributed by atoms with Crippen LogP contribution in [-0.4, -0.2) is 38.3 Å². The zero-order valence-corrected chi connectivity index (χ0v) is 19.2. The van der Waals surface area contributed by atoms with E-state index in [1.807, 2.05) is 32.0 Å². The summed E-state index contributed by atoms with van der Waals surface area (Å²) in [7, 11) is 1.71. The number of ketones is 1. The van der Waals surface area contributed by atoms with E-state index < -0.39 is 19.0 Å². The van der Waals surface area contributed by atoms with Crippen LogP contribution < -0.4 is 14.2 Å². The van der Waals surface area contributed by atoms with Crippen LogP contribution in [0.3, 0.4) is 0 Å². The molecule has 2 rings (SSSR count). The third-order valence-corrected chi connectivity index (χ3v) is 6.67. The van der Waals surface area contributed by atoms with Crippen molar-refractivity contribution < 1.29 is 28.4 Å². The van der Waals surface area contributed by atoms with E-state index in [1.165, 1.54) is 40.4 Å². The Morgan fingerprint density at radius 1 is 0.900 bits per heavy atom. The zero-order valence-electron chi connectivity index (χ0n) is 18.3. The molecule has 0 saturated carbocycles. The van der Waals surface area contributed by atoms with Crippen molar-refractivity contribution >= 4 is 19.1 Å². The van der Waals surface area contributed by atoms with Gasteiger partial charge in [-0.15, -0.1) is 0 Å². The first-order chi connectivity index (χ1) is 14.3. The molecule has 2 unspecified atom stereocenters. The monoisotopic (exact) mass is 431 g/mol. The number of hydrogen-bond donors (Lipinski definition) is 0. The Kier molecular flexibility index (Phi) is 8.13. The van der Waals surface area contributed by atoms with Crippen molar-refractivity contribution in [3.8, 4) is 17.2 Å². The molecule has 0 saturated heterocycles. The molecule has 2 aromatic carbocycles. The maximum Gasteiger partial charge on any atom is 0.431 e. The minimum Gasteiger partial charge on any atom is -0.496 e. The fraction of sp³-hybridized carbons (Fsp3) is 0.391. The van der Waals surface area contributed by atoms with Crippen molar-refractivity contribution in [2.24, 2.45) is 0 Å². The molecule has 6 nitrogen and oxygen atoms in total. The molecule has 2 aromatic rings. The highest BCUT2D eigenvalue weighted by Gasteiger charge is 2.45. The smallest absolute Gasteiger partial charge is 0.431 e. The largest absolute Gasteiger partial charge is 0.496 e. The van der Waals surface area contributed by atoms with Gasteiger partial charge in [0, 0.05) is 17.7 Å². The van der Waals surface area contributed by atoms with Crippen LogP contribution >= 0.6 is 7.80 Å². The number of hydrogen-bond acceptors (Lipinski definition) is 6. The van der Waals surface area contributed by atoms with Gasteiger partial charge in [-0.1, -0.05) is 36.6 Å². The number of ether oxygens (including phenoxy) is 3. The summed E-state index contributed by atoms with van der Waals surface area (Å²) in [6.45, 7) is 5.47. The lowest BCUT2D eigenvalue weighted by Crippen LogP contribution is -2.20. The minimum atomic E-state index is -2.57. The Labute approximate surface area is 178 Å². The van der Waals surface area contributed by atoms with E-state index in [0.717, 1.165) is 11.1 Å². The molecule has 0 aliphatic heterocycles. The molecule has 0 aliphatic carbocycles. The molecule has 2 atom stereocenters. The van der Waals surface area contributed by atoms with E-state index in [2.05, 4.69) is 0 Å². The Morgan fingerprint density at radius 3 is 1.80 bits per heavy atom. The Balaban J connectivity index is 2.47. The van der Waals surface area contributed by atoms with E-state index in [0.29, 0.717) is 24.2 Å². The first-order valence-corrected chi connectivity index (χ1v) is 11.1. The van der Waals surface area contributed by atoms with Crippen LogP contribution in [0.15, 0.2) is 30.3 Å². The topological polar surface area (TPSA) is 78.9 Å². The summed E-state index contributed by atoms with van der Waals surface area (Å²) >= 11 is 0. The van der Waals surface area contributed by atoms with Gasteiger partial charge < -0.3 is 14.2 Å². The van der Waals surface area contributed by atoms with Crippen molar-refractivity contribution in [3.63, 3.8) is 0 Å². The Morgan fingerprint density at radius 2 is 1.40 bits per heavy atom. The van der Waals surface area contributed by atoms with Gasteiger partial charge >= 0.3 is 13.3 Å². The average Bonchev–Trinajstić information content (AvgIpc) is 2.80. The maximum absolute atomic E-state index is 13.3. The number of rotatable bonds is 10. The first kappa shape index (κ1) is 23.6. The van der Waals surface area contributed by atoms with Gasteiger partial charge in [0.05, 0.1) is 21.3 Å². The standard InChI is InChI=1S/C23H28O6P/c1-7-15-10-9-11-16(8-2)20(15)22(24)14(3)30(26)23(25)21-18(28-5)12-17(27-4)13-19(21)29-6/h9-14H,7-8H2,1-6H3/q+1. The highest BCUT2D eigenvalue weighted by atomic mass is 31.1. The number of benzene rings is 2. The van der Waals surface area contributed by atoms with Gasteiger partial charge in [0.25, 0.3) is 0 Å². The number of Topliss-reactive ketones (excluding diaryl/α,β-unsaturated/α-hetero) is 1. The summed E-state index contributed by atoms with van der Waals surface area (Å²) in [5.41, 5.74) is 0.723. The highest BCUT2D eigenvalue weighted by molar-refractivity contribution is 7.66. The molecule has 0 radical (unpaired) electrons. The quantitative estimate of drug-likeness (QED) is 0.386. The van der Waals surface area contributed by atoms with Gasteiger partial charge in [-0.25, -0.2) is 4.79 Å². The van der Waals surface area contributed by atoms with Crippen molar-refractivity contribution in [2.45, 2.75) is 39.3 Å². The first-order valence-electron chi connectivity index (χ1n) is 9.80. The lowest BCUT2D eigenvalue weighted by Gasteiger charge is -2.13. The second kappa shape index (κ2) is 10.4. The summed E-state index contributed by atoms with van der Waals surface area (Å²) in [5.74, 6) is 0.513. The van der Waals surface area contributed by atoms with Crippen LogP contribution in [0.25, 0.3) is 0 Å². The normalized spacial score (nSPS) is 12.1. The van der Waals surface area contributed by atoms with Crippen LogP contribution in [0.1, 0.15) is 52.6 Å². The molecule has 30 heavy (non-hydrogen) atoms. The van der Waals surface area contributed by atoms with E-state index in [4.69, 9.17) is 14.2 Å². The highest BCUT2D eigenvalue weighted by Crippen LogP contribution is 2.43. The number of carbonyl (C=O) groups excluding carboxylic acids is 2. The van der Waals surface area contributed by atoms with Crippen LogP contribution in [0, 0.1) is 0 Å². The van der Waals surface area contributed by atoms with Crippen molar-refractivity contribution in [1.29, 1.82) is 0 Å². The van der Waals surface area contributed by atoms with Gasteiger partial charge in [-0.2, -0.15) is 0 Å². The van der Waals surface area contributed by atoms with Gasteiger partial charge in [-0.3, -0.25) is 4.79 Å². The fourth-order valence-electron chi connectivity index (χ4n) is 3.38. The third kappa shape index (κ3) is 4.54. The molecule has 0 heterocycles. The van der Waals surface area contributed by atoms with Crippen LogP contribution in [-0.2, 0) is 17.4 Å². The zero-order chi connectivity index (χ0) is 22.4. The Hall–Kier alpha value is -2.72. The van der Waals surface area contributed by atoms with Gasteiger partial charge in [0.1, 0.15) is 17.2 Å². The fourth-order valence-corrected chi connectivity index (χ4v) is 4.51. The minimum absolute atomic E-state index is 0.0426. The van der Waals surface area contributed by atoms with Gasteiger partial charge in [0.2, 0.25) is 11.4 Å². The second-order valence-electron chi connectivity index (χ2n) is 6.74. The molecule has 0 aliphatic rings. The molecular weight excluding hydrogens is 403 g/mol. The van der Waals surface area contributed by atoms with E-state index in [1.54, 1.807) is 0 Å². The summed E-state index contributed by atoms with van der Waals surface area (Å²) in [6, 6.07) is 8.74. The Bertz CT molecular complexity index is 919. The molecule has 0 amide bonds. The number of carbonyl (C=O) groups is 2. The van der Waals surface area contributed by atoms with E-state index >= 15 is 0 Å². The number of methoxy groups -OCH3 is 3. The summed E-state index contributed by atoms with van der Waals surface area (Å²) in [6.07, 6.45) is 1.35. The molecule has 0 spiro atoms. The number of aryl methyl sites for hydroxylation is 2. The van der Waals surface area contributed by atoms with Crippen LogP contribution in [0.4, 0.5) is 0 Å². The molecule has 7 heteroatoms. The molecule has 0 bridgehead atoms. The molecule has 0 aromatic heterocycles. The average molecular weight is 431 g/mol. The summed E-state index contributed by atoms with van der Waals surface area (Å²) in [5, 5.41) is 0. The van der Waals surface area contributed by atoms with Gasteiger partial charge in [-0.05, 0) is 30.9 Å². The molecule has 160 valence electrons. The second-order valence-corrected chi connectivity index (χ2v) is 8.57. The van der Waals surface area contributed by atoms with Crippen molar-refractivity contribution in [1.82, 2.24) is 0 Å². The lowest BCUT2D eigenvalue weighted by molar-refractivity contribution is 0.0980. The summed E-state index contributed by atoms with van der Waals surface area (Å²) in [4.78, 5) is 26.4. The van der Waals surface area contributed by atoms with Crippen molar-refractivity contribution in [2.75, 3.05) is 21.3 Å². The van der Waals surface area contributed by atoms with Crippen LogP contribution in [0.5, 0.6) is 17.2 Å². The van der Waals surface area contributed by atoms with Gasteiger partial charge in [0.15, 0.2) is 5.56 Å². The lowest BCUT2D eigenvalue weighted by atomic mass is 9.93. The van der Waals surface area contributed by atoms with E-state index in [9.17, 15) is 14.2 Å². The maximum atomic E-state index is 13.3. The SMILES string of the molecule is CCc1cccc(CC)c1C(=O)C(C)[P+](=O)C(=O)c1c(OC)cc(OC)cc1OC. The molecular formula is C23H28O6P+. The predicted octanol–water partition coefficient (Wildman–Crippen LogP) is 5.08. The van der Waals surface area contributed by atoms with Crippen molar-refractivity contribution in [3.05, 3.63) is 52.6 Å².